The number of hydrogen-bond acceptors (Lipinski definition) is 4. The van der Waals surface area contributed by atoms with Gasteiger partial charge in [-0.05, 0) is 34.2 Å². The van der Waals surface area contributed by atoms with Crippen molar-refractivity contribution in [1.82, 2.24) is 10.2 Å². The predicted octanol–water partition coefficient (Wildman–Crippen LogP) is 3.71. The molecule has 1 aromatic heterocycles. The highest BCUT2D eigenvalue weighted by atomic mass is 79.9. The van der Waals surface area contributed by atoms with Crippen LogP contribution in [0.3, 0.4) is 0 Å². The second-order valence-electron chi connectivity index (χ2n) is 4.53. The average Bonchev–Trinajstić information content (AvgIpc) is 2.76. The van der Waals surface area contributed by atoms with Crippen LogP contribution in [0.15, 0.2) is 3.92 Å². The first-order valence-corrected chi connectivity index (χ1v) is 7.54. The molecule has 2 rings (SSSR count). The van der Waals surface area contributed by atoms with Crippen molar-refractivity contribution in [3.8, 4) is 0 Å². The molecule has 0 amide bonds. The van der Waals surface area contributed by atoms with Gasteiger partial charge in [0.2, 0.25) is 5.13 Å². The Kier molecular flexibility index (Phi) is 3.85. The molecule has 0 spiro atoms. The molecule has 1 fully saturated rings. The highest BCUT2D eigenvalue weighted by Gasteiger charge is 2.32. The van der Waals surface area contributed by atoms with E-state index in [1.807, 2.05) is 0 Å². The summed E-state index contributed by atoms with van der Waals surface area (Å²) >= 11 is 5.00. The van der Waals surface area contributed by atoms with Crippen LogP contribution in [0.5, 0.6) is 0 Å². The van der Waals surface area contributed by atoms with E-state index in [2.05, 4.69) is 44.9 Å². The van der Waals surface area contributed by atoms with Crippen molar-refractivity contribution in [3.63, 3.8) is 0 Å². The number of halogens is 1. The van der Waals surface area contributed by atoms with E-state index in [1.54, 1.807) is 11.3 Å². The van der Waals surface area contributed by atoms with Gasteiger partial charge in [0.25, 0.3) is 0 Å². The van der Waals surface area contributed by atoms with Gasteiger partial charge in [0.05, 0.1) is 0 Å². The van der Waals surface area contributed by atoms with E-state index in [0.29, 0.717) is 5.41 Å². The summed E-state index contributed by atoms with van der Waals surface area (Å²) in [5.41, 5.74) is 0.582. The first-order valence-electron chi connectivity index (χ1n) is 5.93. The molecule has 1 aliphatic rings. The Balaban J connectivity index is 1.99. The zero-order chi connectivity index (χ0) is 11.6. The van der Waals surface area contributed by atoms with Crippen LogP contribution in [-0.2, 0) is 0 Å². The van der Waals surface area contributed by atoms with Crippen molar-refractivity contribution in [2.45, 2.75) is 39.5 Å². The number of anilines is 1. The van der Waals surface area contributed by atoms with E-state index in [1.165, 1.54) is 25.7 Å². The molecule has 1 saturated heterocycles. The van der Waals surface area contributed by atoms with Crippen LogP contribution in [0, 0.1) is 5.41 Å². The molecular formula is C11H18BrN3S. The summed E-state index contributed by atoms with van der Waals surface area (Å²) in [5.74, 6) is 0. The summed E-state index contributed by atoms with van der Waals surface area (Å²) in [4.78, 5) is 2.37. The van der Waals surface area contributed by atoms with Crippen LogP contribution in [0.4, 0.5) is 5.13 Å². The number of aromatic nitrogens is 2. The molecule has 0 aliphatic carbocycles. The summed E-state index contributed by atoms with van der Waals surface area (Å²) in [6.07, 6.45) is 5.18. The maximum Gasteiger partial charge on any atom is 0.209 e. The lowest BCUT2D eigenvalue weighted by atomic mass is 9.74. The summed E-state index contributed by atoms with van der Waals surface area (Å²) in [6.45, 7) is 6.90. The molecule has 5 heteroatoms. The van der Waals surface area contributed by atoms with E-state index in [4.69, 9.17) is 0 Å². The van der Waals surface area contributed by atoms with Crippen LogP contribution in [0.25, 0.3) is 0 Å². The highest BCUT2D eigenvalue weighted by molar-refractivity contribution is 9.11. The fourth-order valence-electron chi connectivity index (χ4n) is 2.46. The second-order valence-corrected chi connectivity index (χ2v) is 6.76. The first kappa shape index (κ1) is 12.3. The van der Waals surface area contributed by atoms with Crippen molar-refractivity contribution in [2.24, 2.45) is 5.41 Å². The van der Waals surface area contributed by atoms with Gasteiger partial charge in [0.15, 0.2) is 3.92 Å². The van der Waals surface area contributed by atoms with E-state index in [9.17, 15) is 0 Å². The third-order valence-corrected chi connectivity index (χ3v) is 5.40. The molecule has 16 heavy (non-hydrogen) atoms. The normalized spacial score (nSPS) is 20.1. The van der Waals surface area contributed by atoms with Gasteiger partial charge < -0.3 is 4.90 Å². The van der Waals surface area contributed by atoms with Gasteiger partial charge in [-0.2, -0.15) is 0 Å². The molecule has 3 nitrogen and oxygen atoms in total. The third kappa shape index (κ3) is 2.40. The molecule has 90 valence electrons. The maximum absolute atomic E-state index is 4.19. The molecule has 0 N–H and O–H groups in total. The van der Waals surface area contributed by atoms with Crippen LogP contribution < -0.4 is 4.90 Å². The third-order valence-electron chi connectivity index (χ3n) is 3.98. The van der Waals surface area contributed by atoms with E-state index >= 15 is 0 Å². The van der Waals surface area contributed by atoms with Crippen molar-refractivity contribution < 1.29 is 0 Å². The van der Waals surface area contributed by atoms with Gasteiger partial charge in [-0.3, -0.25) is 0 Å². The lowest BCUT2D eigenvalue weighted by molar-refractivity contribution is 0.199. The summed E-state index contributed by atoms with van der Waals surface area (Å²) in [6, 6.07) is 0. The molecular weight excluding hydrogens is 286 g/mol. The molecule has 2 heterocycles. The summed E-state index contributed by atoms with van der Waals surface area (Å²) in [7, 11) is 0. The van der Waals surface area contributed by atoms with Crippen molar-refractivity contribution in [2.75, 3.05) is 18.0 Å². The largest absolute Gasteiger partial charge is 0.347 e. The Hall–Kier alpha value is -0.160. The lowest BCUT2D eigenvalue weighted by Gasteiger charge is -2.40. The van der Waals surface area contributed by atoms with E-state index in [-0.39, 0.29) is 0 Å². The molecule has 1 aliphatic heterocycles. The minimum atomic E-state index is 0.582. The average molecular weight is 304 g/mol. The Morgan fingerprint density at radius 3 is 2.31 bits per heavy atom. The fourth-order valence-corrected chi connectivity index (χ4v) is 3.59. The number of hydrogen-bond donors (Lipinski definition) is 0. The zero-order valence-electron chi connectivity index (χ0n) is 9.87. The van der Waals surface area contributed by atoms with Crippen LogP contribution in [0.2, 0.25) is 0 Å². The molecule has 0 unspecified atom stereocenters. The van der Waals surface area contributed by atoms with E-state index in [0.717, 1.165) is 22.1 Å². The number of rotatable bonds is 3. The minimum absolute atomic E-state index is 0.582. The molecule has 0 atom stereocenters. The van der Waals surface area contributed by atoms with Crippen LogP contribution >= 0.6 is 27.3 Å². The van der Waals surface area contributed by atoms with Gasteiger partial charge >= 0.3 is 0 Å². The zero-order valence-corrected chi connectivity index (χ0v) is 12.3. The topological polar surface area (TPSA) is 29.0 Å². The van der Waals surface area contributed by atoms with Crippen molar-refractivity contribution in [3.05, 3.63) is 3.92 Å². The van der Waals surface area contributed by atoms with Gasteiger partial charge in [-0.15, -0.1) is 10.2 Å². The van der Waals surface area contributed by atoms with Crippen molar-refractivity contribution in [1.29, 1.82) is 0 Å². The van der Waals surface area contributed by atoms with Crippen LogP contribution in [-0.4, -0.2) is 23.3 Å². The summed E-state index contributed by atoms with van der Waals surface area (Å²) in [5, 5.41) is 9.26. The molecule has 1 aromatic rings. The highest BCUT2D eigenvalue weighted by Crippen LogP contribution is 2.39. The molecule has 0 saturated carbocycles. The Morgan fingerprint density at radius 1 is 1.25 bits per heavy atom. The Bertz CT molecular complexity index is 339. The Morgan fingerprint density at radius 2 is 1.88 bits per heavy atom. The van der Waals surface area contributed by atoms with Gasteiger partial charge in [-0.1, -0.05) is 38.0 Å². The van der Waals surface area contributed by atoms with Gasteiger partial charge in [0.1, 0.15) is 0 Å². The maximum atomic E-state index is 4.19. The second kappa shape index (κ2) is 5.00. The minimum Gasteiger partial charge on any atom is -0.347 e. The molecule has 0 bridgehead atoms. The Labute approximate surface area is 109 Å². The molecule has 0 radical (unpaired) electrons. The number of nitrogens with zero attached hydrogens (tertiary/aromatic N) is 3. The quantitative estimate of drug-likeness (QED) is 0.852. The lowest BCUT2D eigenvalue weighted by Crippen LogP contribution is -2.39. The fraction of sp³-hybridized carbons (Fsp3) is 0.818. The van der Waals surface area contributed by atoms with Gasteiger partial charge in [0, 0.05) is 13.1 Å². The first-order chi connectivity index (χ1) is 7.69. The summed E-state index contributed by atoms with van der Waals surface area (Å²) < 4.78 is 0.880. The van der Waals surface area contributed by atoms with Crippen LogP contribution in [0.1, 0.15) is 39.5 Å². The standard InChI is InChI=1S/C11H18BrN3S/c1-3-11(4-2)5-7-15(8-6-11)10-14-13-9(12)16-10/h3-8H2,1-2H3. The predicted molar refractivity (Wildman–Crippen MR) is 72.1 cm³/mol. The SMILES string of the molecule is CCC1(CC)CCN(c2nnc(Br)s2)CC1. The van der Waals surface area contributed by atoms with E-state index < -0.39 is 0 Å². The number of piperidine rings is 1. The smallest absolute Gasteiger partial charge is 0.209 e. The molecule has 0 aromatic carbocycles. The van der Waals surface area contributed by atoms with Gasteiger partial charge in [-0.25, -0.2) is 0 Å². The monoisotopic (exact) mass is 303 g/mol. The van der Waals surface area contributed by atoms with Crippen molar-refractivity contribution >= 4 is 32.4 Å².